The molecule has 5 heteroatoms. The molecular weight excluding hydrogens is 270 g/mol. The van der Waals surface area contributed by atoms with Crippen LogP contribution in [-0.2, 0) is 4.79 Å². The minimum Gasteiger partial charge on any atom is -0.544 e. The lowest BCUT2D eigenvalue weighted by atomic mass is 10.0. The Morgan fingerprint density at radius 3 is 2.38 bits per heavy atom. The Bertz CT molecular complexity index is 492. The number of hydrogen-bond donors (Lipinski definition) is 1. The number of quaternary nitrogens is 1. The fourth-order valence-corrected chi connectivity index (χ4v) is 2.78. The van der Waals surface area contributed by atoms with Gasteiger partial charge in [0.15, 0.2) is 5.78 Å². The second-order valence-corrected chi connectivity index (χ2v) is 5.32. The normalized spacial score (nSPS) is 16.6. The number of aliphatic carboxylic acids is 1. The Morgan fingerprint density at radius 1 is 1.24 bits per heavy atom. The summed E-state index contributed by atoms with van der Waals surface area (Å²) in [6.07, 6.45) is 2.01. The molecule has 114 valence electrons. The summed E-state index contributed by atoms with van der Waals surface area (Å²) in [5.74, 6) is -0.589. The Hall–Kier alpha value is -1.88. The van der Waals surface area contributed by atoms with Crippen molar-refractivity contribution in [2.75, 3.05) is 19.7 Å². The molecule has 0 unspecified atom stereocenters. The van der Waals surface area contributed by atoms with Crippen molar-refractivity contribution in [3.05, 3.63) is 29.8 Å². The molecular formula is C16H21NO4. The van der Waals surface area contributed by atoms with E-state index in [2.05, 4.69) is 0 Å². The Morgan fingerprint density at radius 2 is 1.86 bits per heavy atom. The number of ether oxygens (including phenoxy) is 1. The lowest BCUT2D eigenvalue weighted by Crippen LogP contribution is -3.15. The molecule has 1 saturated heterocycles. The molecule has 0 radical (unpaired) electrons. The van der Waals surface area contributed by atoms with Gasteiger partial charge in [-0.25, -0.2) is 0 Å². The number of hydrogen-bond acceptors (Lipinski definition) is 4. The molecule has 0 bridgehead atoms. The number of rotatable bonds is 7. The van der Waals surface area contributed by atoms with Gasteiger partial charge in [0.05, 0.1) is 32.1 Å². The van der Waals surface area contributed by atoms with Crippen molar-refractivity contribution in [3.63, 3.8) is 0 Å². The van der Waals surface area contributed by atoms with Crippen LogP contribution in [0.25, 0.3) is 0 Å². The molecule has 0 aromatic heterocycles. The molecule has 1 heterocycles. The van der Waals surface area contributed by atoms with Crippen molar-refractivity contribution in [1.29, 1.82) is 0 Å². The summed E-state index contributed by atoms with van der Waals surface area (Å²) in [4.78, 5) is 24.5. The number of ketones is 1. The number of carbonyl (C=O) groups excluding carboxylic acids is 2. The molecule has 1 aliphatic heterocycles. The molecule has 1 aliphatic rings. The van der Waals surface area contributed by atoms with E-state index in [1.807, 2.05) is 6.92 Å². The van der Waals surface area contributed by atoms with Gasteiger partial charge in [-0.3, -0.25) is 4.79 Å². The van der Waals surface area contributed by atoms with E-state index in [-0.39, 0.29) is 12.2 Å². The van der Waals surface area contributed by atoms with Gasteiger partial charge < -0.3 is 19.5 Å². The number of nitrogens with one attached hydrogen (secondary N) is 1. The average molecular weight is 291 g/mol. The second kappa shape index (κ2) is 7.22. The van der Waals surface area contributed by atoms with Crippen LogP contribution in [-0.4, -0.2) is 37.5 Å². The summed E-state index contributed by atoms with van der Waals surface area (Å²) < 4.78 is 5.32. The summed E-state index contributed by atoms with van der Waals surface area (Å²) in [6, 6.07) is 6.07. The van der Waals surface area contributed by atoms with Gasteiger partial charge in [-0.05, 0) is 31.2 Å². The fourth-order valence-electron chi connectivity index (χ4n) is 2.78. The largest absolute Gasteiger partial charge is 0.544 e. The lowest BCUT2D eigenvalue weighted by molar-refractivity contribution is -0.906. The summed E-state index contributed by atoms with van der Waals surface area (Å²) in [5.41, 5.74) is 0.517. The second-order valence-electron chi connectivity index (χ2n) is 5.32. The van der Waals surface area contributed by atoms with Crippen LogP contribution in [0.5, 0.6) is 5.75 Å². The zero-order valence-corrected chi connectivity index (χ0v) is 12.3. The van der Waals surface area contributed by atoms with Crippen molar-refractivity contribution in [3.8, 4) is 5.75 Å². The average Bonchev–Trinajstić information content (AvgIpc) is 2.99. The molecule has 1 atom stereocenters. The third-order valence-corrected chi connectivity index (χ3v) is 3.90. The standard InChI is InChI=1S/C16H21NO4/c1-2-21-13-7-5-12(6-8-13)15(18)11-14(16(19)20)17-9-3-4-10-17/h5-8,14H,2-4,9-11H2,1H3,(H,19,20)/t14-/m1/s1. The molecule has 0 amide bonds. The number of carboxylic acids is 1. The van der Waals surface area contributed by atoms with Crippen LogP contribution >= 0.6 is 0 Å². The van der Waals surface area contributed by atoms with Gasteiger partial charge in [-0.2, -0.15) is 0 Å². The molecule has 2 rings (SSSR count). The van der Waals surface area contributed by atoms with Crippen molar-refractivity contribution in [2.24, 2.45) is 0 Å². The topological polar surface area (TPSA) is 70.9 Å². The minimum absolute atomic E-state index is 0.00829. The molecule has 1 aromatic rings. The maximum Gasteiger partial charge on any atom is 0.169 e. The van der Waals surface area contributed by atoms with Crippen LogP contribution in [0.4, 0.5) is 0 Å². The first-order valence-electron chi connectivity index (χ1n) is 7.43. The van der Waals surface area contributed by atoms with Crippen molar-refractivity contribution >= 4 is 11.8 Å². The zero-order chi connectivity index (χ0) is 15.2. The van der Waals surface area contributed by atoms with Gasteiger partial charge in [-0.15, -0.1) is 0 Å². The van der Waals surface area contributed by atoms with Gasteiger partial charge in [0.2, 0.25) is 0 Å². The molecule has 0 saturated carbocycles. The van der Waals surface area contributed by atoms with Crippen molar-refractivity contribution in [1.82, 2.24) is 0 Å². The first-order valence-corrected chi connectivity index (χ1v) is 7.43. The highest BCUT2D eigenvalue weighted by atomic mass is 16.5. The van der Waals surface area contributed by atoms with Crippen LogP contribution < -0.4 is 14.7 Å². The third-order valence-electron chi connectivity index (χ3n) is 3.90. The highest BCUT2D eigenvalue weighted by Crippen LogP contribution is 2.14. The van der Waals surface area contributed by atoms with Crippen LogP contribution in [0.2, 0.25) is 0 Å². The predicted octanol–water partition coefficient (Wildman–Crippen LogP) is -0.545. The molecule has 0 aliphatic carbocycles. The highest BCUT2D eigenvalue weighted by molar-refractivity contribution is 5.98. The van der Waals surface area contributed by atoms with Gasteiger partial charge in [0.1, 0.15) is 11.8 Å². The molecule has 0 spiro atoms. The number of likely N-dealkylation sites (tertiary alicyclic amines) is 1. The first-order chi connectivity index (χ1) is 10.1. The first kappa shape index (κ1) is 15.5. The Balaban J connectivity index is 2.02. The molecule has 1 fully saturated rings. The van der Waals surface area contributed by atoms with E-state index in [1.54, 1.807) is 24.3 Å². The monoisotopic (exact) mass is 291 g/mol. The van der Waals surface area contributed by atoms with E-state index in [9.17, 15) is 14.7 Å². The number of Topliss-reactive ketones (excluding diaryl/α,β-unsaturated/α-hetero) is 1. The van der Waals surface area contributed by atoms with Gasteiger partial charge in [0, 0.05) is 18.4 Å². The molecule has 1 aromatic carbocycles. The van der Waals surface area contributed by atoms with Gasteiger partial charge in [0.25, 0.3) is 0 Å². The van der Waals surface area contributed by atoms with Gasteiger partial charge >= 0.3 is 0 Å². The van der Waals surface area contributed by atoms with E-state index in [4.69, 9.17) is 4.74 Å². The Kier molecular flexibility index (Phi) is 5.33. The van der Waals surface area contributed by atoms with E-state index in [0.29, 0.717) is 17.9 Å². The Labute approximate surface area is 124 Å². The van der Waals surface area contributed by atoms with E-state index < -0.39 is 12.0 Å². The summed E-state index contributed by atoms with van der Waals surface area (Å²) in [6.45, 7) is 4.06. The van der Waals surface area contributed by atoms with Crippen LogP contribution in [0.3, 0.4) is 0 Å². The molecule has 21 heavy (non-hydrogen) atoms. The third kappa shape index (κ3) is 4.04. The quantitative estimate of drug-likeness (QED) is 0.685. The lowest BCUT2D eigenvalue weighted by Gasteiger charge is -2.24. The maximum atomic E-state index is 12.2. The highest BCUT2D eigenvalue weighted by Gasteiger charge is 2.29. The number of carbonyl (C=O) groups is 2. The number of carboxylic acid groups (broad SMARTS) is 1. The van der Waals surface area contributed by atoms with Gasteiger partial charge in [-0.1, -0.05) is 0 Å². The maximum absolute atomic E-state index is 12.2. The van der Waals surface area contributed by atoms with Crippen LogP contribution in [0.1, 0.15) is 36.5 Å². The zero-order valence-electron chi connectivity index (χ0n) is 12.3. The van der Waals surface area contributed by atoms with Crippen molar-refractivity contribution in [2.45, 2.75) is 32.2 Å². The predicted molar refractivity (Wildman–Crippen MR) is 75.3 cm³/mol. The minimum atomic E-state index is -1.13. The summed E-state index contributed by atoms with van der Waals surface area (Å²) in [5, 5.41) is 11.3. The van der Waals surface area contributed by atoms with Crippen LogP contribution in [0.15, 0.2) is 24.3 Å². The molecule has 5 nitrogen and oxygen atoms in total. The summed E-state index contributed by atoms with van der Waals surface area (Å²) in [7, 11) is 0. The summed E-state index contributed by atoms with van der Waals surface area (Å²) >= 11 is 0. The van der Waals surface area contributed by atoms with E-state index in [0.717, 1.165) is 30.8 Å². The fraction of sp³-hybridized carbons (Fsp3) is 0.500. The van der Waals surface area contributed by atoms with Crippen molar-refractivity contribution < 1.29 is 24.3 Å². The molecule has 1 N–H and O–H groups in total. The SMILES string of the molecule is CCOc1ccc(C(=O)C[C@H](C(=O)[O-])[NH+]2CCCC2)cc1. The van der Waals surface area contributed by atoms with E-state index >= 15 is 0 Å². The van der Waals surface area contributed by atoms with E-state index in [1.165, 1.54) is 0 Å². The van der Waals surface area contributed by atoms with Crippen LogP contribution in [0, 0.1) is 0 Å². The number of benzene rings is 1. The smallest absolute Gasteiger partial charge is 0.169 e.